The van der Waals surface area contributed by atoms with Crippen LogP contribution in [0.1, 0.15) is 52.9 Å². The summed E-state index contributed by atoms with van der Waals surface area (Å²) in [5.41, 5.74) is 0. The highest BCUT2D eigenvalue weighted by Gasteiger charge is 2.20. The maximum Gasteiger partial charge on any atom is 0.191 e. The van der Waals surface area contributed by atoms with E-state index < -0.39 is 0 Å². The van der Waals surface area contributed by atoms with Crippen LogP contribution in [0.25, 0.3) is 0 Å². The first-order valence-electron chi connectivity index (χ1n) is 9.43. The van der Waals surface area contributed by atoms with Gasteiger partial charge in [0.25, 0.3) is 0 Å². The van der Waals surface area contributed by atoms with E-state index in [9.17, 15) is 0 Å². The molecule has 0 spiro atoms. The van der Waals surface area contributed by atoms with Gasteiger partial charge in [0.2, 0.25) is 0 Å². The number of likely N-dealkylation sites (tertiary alicyclic amines) is 1. The molecule has 0 amide bonds. The molecule has 2 N–H and O–H groups in total. The molecule has 136 valence electrons. The largest absolute Gasteiger partial charge is 0.381 e. The first-order valence-corrected chi connectivity index (χ1v) is 9.43. The lowest BCUT2D eigenvalue weighted by Crippen LogP contribution is -2.48. The van der Waals surface area contributed by atoms with Crippen molar-refractivity contribution >= 4 is 5.96 Å². The molecular weight excluding hydrogens is 288 g/mol. The number of nitrogens with zero attached hydrogens (tertiary/aromatic N) is 2. The first kappa shape index (κ1) is 20.2. The van der Waals surface area contributed by atoms with Crippen LogP contribution in [0.2, 0.25) is 0 Å². The molecule has 5 heteroatoms. The smallest absolute Gasteiger partial charge is 0.191 e. The Balaban J connectivity index is 2.09. The molecule has 5 nitrogen and oxygen atoms in total. The first-order chi connectivity index (χ1) is 11.2. The molecule has 0 aromatic heterocycles. The van der Waals surface area contributed by atoms with Crippen molar-refractivity contribution in [2.45, 2.75) is 58.9 Å². The predicted molar refractivity (Wildman–Crippen MR) is 99.1 cm³/mol. The van der Waals surface area contributed by atoms with Crippen LogP contribution in [-0.4, -0.2) is 63.3 Å². The van der Waals surface area contributed by atoms with Crippen LogP contribution in [0, 0.1) is 5.92 Å². The molecule has 1 fully saturated rings. The van der Waals surface area contributed by atoms with Crippen LogP contribution in [0.4, 0.5) is 0 Å². The van der Waals surface area contributed by atoms with Gasteiger partial charge in [-0.05, 0) is 51.6 Å². The van der Waals surface area contributed by atoms with Gasteiger partial charge in [0, 0.05) is 39.4 Å². The normalized spacial score (nSPS) is 18.9. The standard InChI is InChI=1S/C18H38N4O/c1-5-6-13-23-14-7-10-20-18(19-4)21-15-17(3)22-11-8-16(2)9-12-22/h16-17H,5-15H2,1-4H3,(H2,19,20,21). The van der Waals surface area contributed by atoms with E-state index in [2.05, 4.69) is 41.3 Å². The van der Waals surface area contributed by atoms with E-state index in [1.807, 2.05) is 7.05 Å². The fraction of sp³-hybridized carbons (Fsp3) is 0.944. The molecule has 0 bridgehead atoms. The van der Waals surface area contributed by atoms with Crippen molar-refractivity contribution in [3.63, 3.8) is 0 Å². The van der Waals surface area contributed by atoms with Crippen molar-refractivity contribution in [3.8, 4) is 0 Å². The van der Waals surface area contributed by atoms with Crippen molar-refractivity contribution in [3.05, 3.63) is 0 Å². The zero-order chi connectivity index (χ0) is 16.9. The Hall–Kier alpha value is -0.810. The zero-order valence-electron chi connectivity index (χ0n) is 15.7. The molecule has 1 rings (SSSR count). The molecule has 1 saturated heterocycles. The molecule has 0 radical (unpaired) electrons. The Morgan fingerprint density at radius 1 is 1.22 bits per heavy atom. The third-order valence-electron chi connectivity index (χ3n) is 4.63. The van der Waals surface area contributed by atoms with Gasteiger partial charge in [0.1, 0.15) is 0 Å². The summed E-state index contributed by atoms with van der Waals surface area (Å²) in [5.74, 6) is 1.79. The van der Waals surface area contributed by atoms with E-state index in [0.29, 0.717) is 6.04 Å². The highest BCUT2D eigenvalue weighted by molar-refractivity contribution is 5.79. The second-order valence-corrected chi connectivity index (χ2v) is 6.77. The molecule has 0 aliphatic carbocycles. The number of nitrogens with one attached hydrogen (secondary N) is 2. The predicted octanol–water partition coefficient (Wildman–Crippen LogP) is 2.48. The Labute approximate surface area is 143 Å². The molecular formula is C18H38N4O. The fourth-order valence-electron chi connectivity index (χ4n) is 2.79. The summed E-state index contributed by atoms with van der Waals surface area (Å²) in [6.07, 6.45) is 6.03. The van der Waals surface area contributed by atoms with Gasteiger partial charge in [-0.1, -0.05) is 20.3 Å². The average molecular weight is 327 g/mol. The molecule has 1 atom stereocenters. The summed E-state index contributed by atoms with van der Waals surface area (Å²) >= 11 is 0. The van der Waals surface area contributed by atoms with Gasteiger partial charge < -0.3 is 15.4 Å². The van der Waals surface area contributed by atoms with Gasteiger partial charge in [0.15, 0.2) is 5.96 Å². The van der Waals surface area contributed by atoms with Crippen molar-refractivity contribution < 1.29 is 4.74 Å². The Morgan fingerprint density at radius 2 is 1.91 bits per heavy atom. The van der Waals surface area contributed by atoms with Crippen LogP contribution >= 0.6 is 0 Å². The summed E-state index contributed by atoms with van der Waals surface area (Å²) in [6.45, 7) is 12.9. The number of guanidine groups is 1. The number of rotatable bonds is 10. The monoisotopic (exact) mass is 326 g/mol. The molecule has 0 aromatic rings. The Kier molecular flexibility index (Phi) is 11.1. The summed E-state index contributed by atoms with van der Waals surface area (Å²) in [6, 6.07) is 0.554. The molecule has 1 aliphatic heterocycles. The highest BCUT2D eigenvalue weighted by Crippen LogP contribution is 2.17. The number of ether oxygens (including phenoxy) is 1. The lowest BCUT2D eigenvalue weighted by molar-refractivity contribution is 0.129. The Morgan fingerprint density at radius 3 is 2.57 bits per heavy atom. The van der Waals surface area contributed by atoms with Crippen molar-refractivity contribution in [1.29, 1.82) is 0 Å². The number of hydrogen-bond acceptors (Lipinski definition) is 3. The van der Waals surface area contributed by atoms with E-state index in [4.69, 9.17) is 4.74 Å². The quantitative estimate of drug-likeness (QED) is 0.368. The molecule has 1 heterocycles. The molecule has 0 saturated carbocycles. The average Bonchev–Trinajstić information content (AvgIpc) is 2.57. The SMILES string of the molecule is CCCCOCCCNC(=NC)NCC(C)N1CCC(C)CC1. The zero-order valence-corrected chi connectivity index (χ0v) is 15.7. The minimum Gasteiger partial charge on any atom is -0.381 e. The minimum absolute atomic E-state index is 0.554. The molecule has 0 aromatic carbocycles. The number of aliphatic imine (C=N–C) groups is 1. The van der Waals surface area contributed by atoms with Crippen molar-refractivity contribution in [2.24, 2.45) is 10.9 Å². The topological polar surface area (TPSA) is 48.9 Å². The maximum atomic E-state index is 5.57. The second-order valence-electron chi connectivity index (χ2n) is 6.77. The van der Waals surface area contributed by atoms with Crippen LogP contribution in [0.5, 0.6) is 0 Å². The van der Waals surface area contributed by atoms with E-state index in [0.717, 1.165) is 51.0 Å². The third kappa shape index (κ3) is 9.16. The van der Waals surface area contributed by atoms with Gasteiger partial charge in [-0.2, -0.15) is 0 Å². The van der Waals surface area contributed by atoms with Gasteiger partial charge in [-0.25, -0.2) is 0 Å². The van der Waals surface area contributed by atoms with Gasteiger partial charge in [-0.3, -0.25) is 9.89 Å². The van der Waals surface area contributed by atoms with E-state index in [-0.39, 0.29) is 0 Å². The van der Waals surface area contributed by atoms with Crippen molar-refractivity contribution in [2.75, 3.05) is 46.4 Å². The summed E-state index contributed by atoms with van der Waals surface area (Å²) in [4.78, 5) is 6.88. The second kappa shape index (κ2) is 12.6. The maximum absolute atomic E-state index is 5.57. The van der Waals surface area contributed by atoms with Crippen LogP contribution in [0.15, 0.2) is 4.99 Å². The third-order valence-corrected chi connectivity index (χ3v) is 4.63. The molecule has 1 aliphatic rings. The van der Waals surface area contributed by atoms with Gasteiger partial charge >= 0.3 is 0 Å². The summed E-state index contributed by atoms with van der Waals surface area (Å²) in [5, 5.41) is 6.81. The van der Waals surface area contributed by atoms with E-state index in [1.54, 1.807) is 0 Å². The van der Waals surface area contributed by atoms with Gasteiger partial charge in [0.05, 0.1) is 0 Å². The van der Waals surface area contributed by atoms with Crippen LogP contribution in [0.3, 0.4) is 0 Å². The van der Waals surface area contributed by atoms with E-state index >= 15 is 0 Å². The Bertz CT molecular complexity index is 314. The lowest BCUT2D eigenvalue weighted by Gasteiger charge is -2.35. The molecule has 1 unspecified atom stereocenters. The lowest BCUT2D eigenvalue weighted by atomic mass is 9.98. The van der Waals surface area contributed by atoms with Crippen LogP contribution < -0.4 is 10.6 Å². The number of unbranched alkanes of at least 4 members (excludes halogenated alkanes) is 1. The number of hydrogen-bond donors (Lipinski definition) is 2. The van der Waals surface area contributed by atoms with E-state index in [1.165, 1.54) is 32.4 Å². The number of piperidine rings is 1. The van der Waals surface area contributed by atoms with Gasteiger partial charge in [-0.15, -0.1) is 0 Å². The minimum atomic E-state index is 0.554. The molecule has 23 heavy (non-hydrogen) atoms. The summed E-state index contributed by atoms with van der Waals surface area (Å²) in [7, 11) is 1.83. The highest BCUT2D eigenvalue weighted by atomic mass is 16.5. The fourth-order valence-corrected chi connectivity index (χ4v) is 2.79. The van der Waals surface area contributed by atoms with Crippen molar-refractivity contribution in [1.82, 2.24) is 15.5 Å². The van der Waals surface area contributed by atoms with Crippen LogP contribution in [-0.2, 0) is 4.74 Å². The summed E-state index contributed by atoms with van der Waals surface area (Å²) < 4.78 is 5.57.